The summed E-state index contributed by atoms with van der Waals surface area (Å²) in [6.45, 7) is 1.94. The number of amides is 1. The number of rotatable bonds is 5. The van der Waals surface area contributed by atoms with Crippen molar-refractivity contribution in [2.24, 2.45) is 0 Å². The van der Waals surface area contributed by atoms with Crippen LogP contribution in [0.5, 0.6) is 0 Å². The lowest BCUT2D eigenvalue weighted by molar-refractivity contribution is -0.384. The van der Waals surface area contributed by atoms with E-state index in [9.17, 15) is 19.7 Å². The maximum Gasteiger partial charge on any atom is 0.356 e. The van der Waals surface area contributed by atoms with Crippen molar-refractivity contribution in [1.29, 1.82) is 0 Å². The number of hydrogen-bond acceptors (Lipinski definition) is 6. The number of thioether (sulfide) groups is 1. The van der Waals surface area contributed by atoms with E-state index in [1.54, 1.807) is 12.1 Å². The van der Waals surface area contributed by atoms with Gasteiger partial charge in [0.15, 0.2) is 0 Å². The number of benzene rings is 1. The van der Waals surface area contributed by atoms with Crippen molar-refractivity contribution in [2.45, 2.75) is 31.7 Å². The third kappa shape index (κ3) is 2.81. The molecule has 2 aliphatic rings. The molecule has 120 valence electrons. The number of ether oxygens (including phenoxy) is 1. The van der Waals surface area contributed by atoms with Gasteiger partial charge in [0, 0.05) is 17.0 Å². The molecule has 0 saturated carbocycles. The molecule has 1 aromatic carbocycles. The van der Waals surface area contributed by atoms with Crippen LogP contribution in [0, 0.1) is 10.1 Å². The van der Waals surface area contributed by atoms with Crippen molar-refractivity contribution in [1.82, 2.24) is 4.90 Å². The molecule has 0 spiro atoms. The molecule has 0 aromatic heterocycles. The van der Waals surface area contributed by atoms with E-state index in [0.29, 0.717) is 24.1 Å². The van der Waals surface area contributed by atoms with E-state index in [2.05, 4.69) is 0 Å². The molecule has 0 radical (unpaired) electrons. The van der Waals surface area contributed by atoms with Crippen LogP contribution in [0.1, 0.15) is 25.3 Å². The number of carbonyl (C=O) groups is 2. The Hall–Kier alpha value is -2.35. The highest BCUT2D eigenvalue weighted by Crippen LogP contribution is 2.47. The van der Waals surface area contributed by atoms with E-state index in [0.717, 1.165) is 4.91 Å². The van der Waals surface area contributed by atoms with Crippen molar-refractivity contribution in [2.75, 3.05) is 0 Å². The zero-order valence-corrected chi connectivity index (χ0v) is 13.2. The van der Waals surface area contributed by atoms with Gasteiger partial charge in [-0.25, -0.2) is 4.79 Å². The Bertz CT molecular complexity index is 713. The van der Waals surface area contributed by atoms with Gasteiger partial charge in [-0.1, -0.05) is 6.92 Å². The Labute approximate surface area is 136 Å². The molecule has 8 heteroatoms. The summed E-state index contributed by atoms with van der Waals surface area (Å²) in [5.41, 5.74) is 0.984. The molecule has 1 amide bonds. The van der Waals surface area contributed by atoms with Gasteiger partial charge in [0.25, 0.3) is 5.69 Å². The first-order valence-corrected chi connectivity index (χ1v) is 8.01. The topological polar surface area (TPSA) is 89.8 Å². The number of allylic oxidation sites excluding steroid dienone is 1. The van der Waals surface area contributed by atoms with Crippen LogP contribution in [0.2, 0.25) is 0 Å². The molecular formula is C15H14N2O5S. The first-order chi connectivity index (χ1) is 11.0. The number of esters is 1. The van der Waals surface area contributed by atoms with E-state index in [-0.39, 0.29) is 23.6 Å². The lowest BCUT2D eigenvalue weighted by atomic mass is 10.1. The Morgan fingerprint density at radius 2 is 2.13 bits per heavy atom. The molecule has 3 rings (SSSR count). The fourth-order valence-electron chi connectivity index (χ4n) is 2.50. The number of β-lactam (4-membered cyclic amide) rings is 1. The summed E-state index contributed by atoms with van der Waals surface area (Å²) >= 11 is 1.54. The van der Waals surface area contributed by atoms with Crippen molar-refractivity contribution in [3.05, 3.63) is 50.5 Å². The maximum atomic E-state index is 12.3. The van der Waals surface area contributed by atoms with Crippen LogP contribution < -0.4 is 0 Å². The average Bonchev–Trinajstić information content (AvgIpc) is 2.85. The van der Waals surface area contributed by atoms with Gasteiger partial charge in [0.05, 0.1) is 16.7 Å². The molecule has 0 bridgehead atoms. The minimum absolute atomic E-state index is 0.00862. The quantitative estimate of drug-likeness (QED) is 0.356. The molecule has 1 atom stereocenters. The fraction of sp³-hybridized carbons (Fsp3) is 0.333. The maximum absolute atomic E-state index is 12.3. The molecule has 23 heavy (non-hydrogen) atoms. The largest absolute Gasteiger partial charge is 0.456 e. The van der Waals surface area contributed by atoms with Crippen molar-refractivity contribution < 1.29 is 19.2 Å². The Morgan fingerprint density at radius 3 is 2.70 bits per heavy atom. The number of nitro groups is 1. The van der Waals surface area contributed by atoms with Gasteiger partial charge in [-0.3, -0.25) is 19.8 Å². The monoisotopic (exact) mass is 334 g/mol. The first-order valence-electron chi connectivity index (χ1n) is 7.13. The minimum Gasteiger partial charge on any atom is -0.456 e. The average molecular weight is 334 g/mol. The third-order valence-corrected chi connectivity index (χ3v) is 5.14. The molecule has 7 nitrogen and oxygen atoms in total. The van der Waals surface area contributed by atoms with Crippen LogP contribution in [0.25, 0.3) is 0 Å². The number of nitrogens with zero attached hydrogens (tertiary/aromatic N) is 2. The highest BCUT2D eigenvalue weighted by atomic mass is 32.2. The highest BCUT2D eigenvalue weighted by molar-refractivity contribution is 8.04. The van der Waals surface area contributed by atoms with Gasteiger partial charge >= 0.3 is 5.97 Å². The van der Waals surface area contributed by atoms with E-state index in [1.165, 1.54) is 28.8 Å². The van der Waals surface area contributed by atoms with Crippen LogP contribution in [0.3, 0.4) is 0 Å². The normalized spacial score (nSPS) is 19.4. The van der Waals surface area contributed by atoms with Gasteiger partial charge in [0.1, 0.15) is 12.3 Å². The van der Waals surface area contributed by atoms with Gasteiger partial charge < -0.3 is 4.74 Å². The molecule has 0 aliphatic carbocycles. The molecule has 1 fully saturated rings. The standard InChI is InChI=1S/C15H14N2O5S/c1-2-11-14(16-12(18)7-13(16)23-11)15(19)22-8-9-3-5-10(6-4-9)17(20)21/h3-6,13H,2,7-8H2,1H3/t13-/m1/s1. The Kier molecular flexibility index (Phi) is 4.08. The van der Waals surface area contributed by atoms with Crippen LogP contribution in [-0.4, -0.2) is 27.1 Å². The molecule has 0 N–H and O–H groups in total. The molecule has 1 saturated heterocycles. The first kappa shape index (κ1) is 15.5. The summed E-state index contributed by atoms with van der Waals surface area (Å²) in [5.74, 6) is -0.587. The second-order valence-corrected chi connectivity index (χ2v) is 6.44. The van der Waals surface area contributed by atoms with E-state index >= 15 is 0 Å². The van der Waals surface area contributed by atoms with Crippen molar-refractivity contribution in [3.63, 3.8) is 0 Å². The second-order valence-electron chi connectivity index (χ2n) is 5.17. The lowest BCUT2D eigenvalue weighted by Crippen LogP contribution is -2.48. The van der Waals surface area contributed by atoms with Crippen molar-refractivity contribution in [3.8, 4) is 0 Å². The zero-order chi connectivity index (χ0) is 16.6. The Balaban J connectivity index is 1.67. The summed E-state index contributed by atoms with van der Waals surface area (Å²) < 4.78 is 5.27. The van der Waals surface area contributed by atoms with E-state index in [4.69, 9.17) is 4.74 Å². The second kappa shape index (κ2) is 6.04. The number of fused-ring (bicyclic) bond motifs is 1. The van der Waals surface area contributed by atoms with E-state index < -0.39 is 10.9 Å². The number of nitro benzene ring substituents is 1. The predicted octanol–water partition coefficient (Wildman–Crippen LogP) is 2.56. The molecule has 2 heterocycles. The molecule has 0 unspecified atom stereocenters. The predicted molar refractivity (Wildman–Crippen MR) is 83.1 cm³/mol. The summed E-state index contributed by atoms with van der Waals surface area (Å²) in [5, 5.41) is 10.6. The SMILES string of the molecule is CCC1=C(C(=O)OCc2ccc([N+](=O)[O-])cc2)N2C(=O)C[C@H]2S1. The fourth-order valence-corrected chi connectivity index (χ4v) is 3.84. The summed E-state index contributed by atoms with van der Waals surface area (Å²) in [6, 6.07) is 5.81. The van der Waals surface area contributed by atoms with Gasteiger partial charge in [-0.15, -0.1) is 11.8 Å². The summed E-state index contributed by atoms with van der Waals surface area (Å²) in [6.07, 6.45) is 1.13. The Morgan fingerprint density at radius 1 is 1.43 bits per heavy atom. The molecule has 1 aromatic rings. The van der Waals surface area contributed by atoms with Crippen LogP contribution in [0.4, 0.5) is 5.69 Å². The van der Waals surface area contributed by atoms with Crippen LogP contribution in [0.15, 0.2) is 34.9 Å². The van der Waals surface area contributed by atoms with Crippen molar-refractivity contribution >= 4 is 29.3 Å². The van der Waals surface area contributed by atoms with Gasteiger partial charge in [0.2, 0.25) is 5.91 Å². The smallest absolute Gasteiger partial charge is 0.356 e. The lowest BCUT2D eigenvalue weighted by Gasteiger charge is -2.34. The van der Waals surface area contributed by atoms with Gasteiger partial charge in [-0.2, -0.15) is 0 Å². The van der Waals surface area contributed by atoms with Crippen LogP contribution in [-0.2, 0) is 20.9 Å². The summed E-state index contributed by atoms with van der Waals surface area (Å²) in [4.78, 5) is 36.5. The zero-order valence-electron chi connectivity index (χ0n) is 12.4. The third-order valence-electron chi connectivity index (χ3n) is 3.72. The molecule has 2 aliphatic heterocycles. The number of hydrogen-bond donors (Lipinski definition) is 0. The summed E-state index contributed by atoms with van der Waals surface area (Å²) in [7, 11) is 0. The number of carbonyl (C=O) groups excluding carboxylic acids is 2. The van der Waals surface area contributed by atoms with E-state index in [1.807, 2.05) is 6.92 Å². The van der Waals surface area contributed by atoms with Crippen LogP contribution >= 0.6 is 11.8 Å². The molecular weight excluding hydrogens is 320 g/mol. The van der Waals surface area contributed by atoms with Gasteiger partial charge in [-0.05, 0) is 24.1 Å². The highest BCUT2D eigenvalue weighted by Gasteiger charge is 2.48. The number of non-ortho nitro benzene ring substituents is 1. The minimum atomic E-state index is -0.525.